The average molecular weight is 207 g/mol. The molecule has 3 heteroatoms. The molecule has 0 aliphatic rings. The van der Waals surface area contributed by atoms with E-state index < -0.39 is 5.41 Å². The van der Waals surface area contributed by atoms with E-state index in [0.717, 1.165) is 11.3 Å². The van der Waals surface area contributed by atoms with Crippen LogP contribution in [0.1, 0.15) is 19.4 Å². The smallest absolute Gasteiger partial charge is 0.311 e. The summed E-state index contributed by atoms with van der Waals surface area (Å²) >= 11 is 0. The van der Waals surface area contributed by atoms with Crippen molar-refractivity contribution in [2.24, 2.45) is 5.41 Å². The van der Waals surface area contributed by atoms with Gasteiger partial charge in [-0.2, -0.15) is 0 Å². The highest BCUT2D eigenvalue weighted by Crippen LogP contribution is 2.23. The van der Waals surface area contributed by atoms with Crippen molar-refractivity contribution in [2.45, 2.75) is 20.3 Å². The minimum Gasteiger partial charge on any atom is -0.469 e. The first-order valence-electron chi connectivity index (χ1n) is 4.88. The zero-order valence-electron chi connectivity index (χ0n) is 9.41. The number of nitrogens with two attached hydrogens (primary N) is 1. The maximum atomic E-state index is 11.5. The third-order valence-electron chi connectivity index (χ3n) is 2.36. The molecule has 0 spiro atoms. The molecule has 82 valence electrons. The normalized spacial score (nSPS) is 11.1. The lowest BCUT2D eigenvalue weighted by Gasteiger charge is -2.21. The van der Waals surface area contributed by atoms with E-state index in [-0.39, 0.29) is 5.97 Å². The van der Waals surface area contributed by atoms with Crippen molar-refractivity contribution in [1.29, 1.82) is 0 Å². The van der Waals surface area contributed by atoms with Gasteiger partial charge in [0.15, 0.2) is 0 Å². The first kappa shape index (κ1) is 11.6. The zero-order valence-corrected chi connectivity index (χ0v) is 9.41. The Bertz CT molecular complexity index is 341. The van der Waals surface area contributed by atoms with Crippen LogP contribution in [0.3, 0.4) is 0 Å². The fourth-order valence-corrected chi connectivity index (χ4v) is 1.49. The van der Waals surface area contributed by atoms with Gasteiger partial charge in [0.1, 0.15) is 0 Å². The maximum Gasteiger partial charge on any atom is 0.311 e. The monoisotopic (exact) mass is 207 g/mol. The highest BCUT2D eigenvalue weighted by atomic mass is 16.5. The van der Waals surface area contributed by atoms with E-state index in [1.165, 1.54) is 7.11 Å². The molecule has 1 aromatic rings. The molecule has 0 heterocycles. The summed E-state index contributed by atoms with van der Waals surface area (Å²) in [6.45, 7) is 3.74. The number of hydrogen-bond acceptors (Lipinski definition) is 3. The standard InChI is InChI=1S/C12H17NO2/c1-12(2,11(14)15-3)8-9-4-6-10(13)7-5-9/h4-7H,8,13H2,1-3H3. The van der Waals surface area contributed by atoms with Crippen LogP contribution in [-0.4, -0.2) is 13.1 Å². The third-order valence-corrected chi connectivity index (χ3v) is 2.36. The molecule has 2 N–H and O–H groups in total. The Labute approximate surface area is 90.2 Å². The minimum atomic E-state index is -0.495. The minimum absolute atomic E-state index is 0.195. The second-order valence-corrected chi connectivity index (χ2v) is 4.29. The molecule has 0 saturated heterocycles. The van der Waals surface area contributed by atoms with E-state index >= 15 is 0 Å². The summed E-state index contributed by atoms with van der Waals surface area (Å²) in [5, 5.41) is 0. The predicted octanol–water partition coefficient (Wildman–Crippen LogP) is 2.01. The van der Waals surface area contributed by atoms with Gasteiger partial charge in [0.25, 0.3) is 0 Å². The van der Waals surface area contributed by atoms with Crippen LogP contribution in [0.15, 0.2) is 24.3 Å². The van der Waals surface area contributed by atoms with Crippen LogP contribution in [0.5, 0.6) is 0 Å². The SMILES string of the molecule is COC(=O)C(C)(C)Cc1ccc(N)cc1. The molecule has 0 atom stereocenters. The van der Waals surface area contributed by atoms with E-state index in [1.807, 2.05) is 38.1 Å². The summed E-state index contributed by atoms with van der Waals surface area (Å²) in [4.78, 5) is 11.5. The lowest BCUT2D eigenvalue weighted by atomic mass is 9.86. The third kappa shape index (κ3) is 2.98. The number of rotatable bonds is 3. The highest BCUT2D eigenvalue weighted by molar-refractivity contribution is 5.76. The first-order valence-corrected chi connectivity index (χ1v) is 4.88. The van der Waals surface area contributed by atoms with Gasteiger partial charge < -0.3 is 10.5 Å². The summed E-state index contributed by atoms with van der Waals surface area (Å²) in [6, 6.07) is 7.53. The van der Waals surface area contributed by atoms with Crippen LogP contribution in [0.4, 0.5) is 5.69 Å². The van der Waals surface area contributed by atoms with Gasteiger partial charge in [-0.15, -0.1) is 0 Å². The van der Waals surface area contributed by atoms with E-state index in [4.69, 9.17) is 10.5 Å². The Morgan fingerprint density at radius 1 is 1.33 bits per heavy atom. The molecular formula is C12H17NO2. The average Bonchev–Trinajstić information content (AvgIpc) is 2.20. The number of carbonyl (C=O) groups is 1. The van der Waals surface area contributed by atoms with E-state index in [9.17, 15) is 4.79 Å². The highest BCUT2D eigenvalue weighted by Gasteiger charge is 2.28. The Morgan fingerprint density at radius 2 is 1.87 bits per heavy atom. The van der Waals surface area contributed by atoms with Gasteiger partial charge in [0.2, 0.25) is 0 Å². The Morgan fingerprint density at radius 3 is 2.33 bits per heavy atom. The molecule has 3 nitrogen and oxygen atoms in total. The summed E-state index contributed by atoms with van der Waals surface area (Å²) in [5.41, 5.74) is 6.90. The van der Waals surface area contributed by atoms with Crippen molar-refractivity contribution in [2.75, 3.05) is 12.8 Å². The summed E-state index contributed by atoms with van der Waals surface area (Å²) in [5.74, 6) is -0.195. The molecule has 0 amide bonds. The Hall–Kier alpha value is -1.51. The van der Waals surface area contributed by atoms with E-state index in [1.54, 1.807) is 0 Å². The van der Waals surface area contributed by atoms with Crippen LogP contribution in [-0.2, 0) is 16.0 Å². The second kappa shape index (κ2) is 4.34. The van der Waals surface area contributed by atoms with Crippen LogP contribution in [0.25, 0.3) is 0 Å². The van der Waals surface area contributed by atoms with Gasteiger partial charge in [-0.25, -0.2) is 0 Å². The molecule has 0 aromatic heterocycles. The number of methoxy groups -OCH3 is 1. The number of nitrogen functional groups attached to an aromatic ring is 1. The number of hydrogen-bond donors (Lipinski definition) is 1. The quantitative estimate of drug-likeness (QED) is 0.609. The molecule has 0 bridgehead atoms. The van der Waals surface area contributed by atoms with Crippen molar-refractivity contribution < 1.29 is 9.53 Å². The van der Waals surface area contributed by atoms with E-state index in [2.05, 4.69) is 0 Å². The fourth-order valence-electron chi connectivity index (χ4n) is 1.49. The molecule has 0 radical (unpaired) electrons. The first-order chi connectivity index (χ1) is 6.95. The largest absolute Gasteiger partial charge is 0.469 e. The Balaban J connectivity index is 2.77. The lowest BCUT2D eigenvalue weighted by Crippen LogP contribution is -2.27. The second-order valence-electron chi connectivity index (χ2n) is 4.29. The number of anilines is 1. The summed E-state index contributed by atoms with van der Waals surface area (Å²) in [6.07, 6.45) is 0.653. The van der Waals surface area contributed by atoms with Crippen molar-refractivity contribution in [3.8, 4) is 0 Å². The Kier molecular flexibility index (Phi) is 3.35. The van der Waals surface area contributed by atoms with Crippen molar-refractivity contribution in [3.63, 3.8) is 0 Å². The predicted molar refractivity (Wildman–Crippen MR) is 60.4 cm³/mol. The zero-order chi connectivity index (χ0) is 11.5. The van der Waals surface area contributed by atoms with Crippen molar-refractivity contribution in [1.82, 2.24) is 0 Å². The van der Waals surface area contributed by atoms with E-state index in [0.29, 0.717) is 6.42 Å². The molecule has 1 aromatic carbocycles. The summed E-state index contributed by atoms with van der Waals surface area (Å²) in [7, 11) is 1.41. The molecule has 0 saturated carbocycles. The molecule has 0 aliphatic carbocycles. The van der Waals surface area contributed by atoms with Gasteiger partial charge in [0.05, 0.1) is 12.5 Å². The molecular weight excluding hydrogens is 190 g/mol. The van der Waals surface area contributed by atoms with Crippen LogP contribution in [0, 0.1) is 5.41 Å². The molecule has 1 rings (SSSR count). The number of esters is 1. The van der Waals surface area contributed by atoms with Gasteiger partial charge in [0, 0.05) is 5.69 Å². The fraction of sp³-hybridized carbons (Fsp3) is 0.417. The number of carbonyl (C=O) groups excluding carboxylic acids is 1. The van der Waals surface area contributed by atoms with Crippen LogP contribution in [0.2, 0.25) is 0 Å². The van der Waals surface area contributed by atoms with Gasteiger partial charge >= 0.3 is 5.97 Å². The van der Waals surface area contributed by atoms with Crippen LogP contribution < -0.4 is 5.73 Å². The van der Waals surface area contributed by atoms with Gasteiger partial charge in [-0.05, 0) is 38.0 Å². The molecule has 0 aliphatic heterocycles. The van der Waals surface area contributed by atoms with Crippen LogP contribution >= 0.6 is 0 Å². The lowest BCUT2D eigenvalue weighted by molar-refractivity contribution is -0.150. The summed E-state index contributed by atoms with van der Waals surface area (Å²) < 4.78 is 4.75. The molecule has 15 heavy (non-hydrogen) atoms. The van der Waals surface area contributed by atoms with Crippen molar-refractivity contribution >= 4 is 11.7 Å². The molecule has 0 unspecified atom stereocenters. The number of ether oxygens (including phenoxy) is 1. The molecule has 0 fully saturated rings. The van der Waals surface area contributed by atoms with Gasteiger partial charge in [-0.1, -0.05) is 12.1 Å². The number of benzene rings is 1. The van der Waals surface area contributed by atoms with Gasteiger partial charge in [-0.3, -0.25) is 4.79 Å². The topological polar surface area (TPSA) is 52.3 Å². The maximum absolute atomic E-state index is 11.5. The van der Waals surface area contributed by atoms with Crippen molar-refractivity contribution in [3.05, 3.63) is 29.8 Å².